The fourth-order valence-corrected chi connectivity index (χ4v) is 1.93. The van der Waals surface area contributed by atoms with E-state index in [1.807, 2.05) is 36.4 Å². The molecule has 0 aliphatic rings. The van der Waals surface area contributed by atoms with Crippen LogP contribution in [0.1, 0.15) is 5.56 Å². The number of oxazole rings is 1. The lowest BCUT2D eigenvalue weighted by Crippen LogP contribution is -1.98. The van der Waals surface area contributed by atoms with Crippen LogP contribution in [0, 0.1) is 0 Å². The Hall–Kier alpha value is -2.75. The zero-order chi connectivity index (χ0) is 13.8. The van der Waals surface area contributed by atoms with Crippen LogP contribution in [0.15, 0.2) is 65.5 Å². The van der Waals surface area contributed by atoms with E-state index in [0.717, 1.165) is 22.6 Å². The number of aromatic nitrogens is 1. The molecular weight excluding hydrogens is 252 g/mol. The maximum Gasteiger partial charge on any atom is 0.181 e. The standard InChI is InChI=1S/C16H14N2O2/c19-15-7-1-12(2-8-15)9-18-14-5-3-13(4-6-14)16-10-17-11-20-16/h1-8,10-11,18-19H,9H2. The first-order valence-corrected chi connectivity index (χ1v) is 6.32. The van der Waals surface area contributed by atoms with Crippen molar-refractivity contribution in [3.05, 3.63) is 66.7 Å². The molecule has 0 unspecified atom stereocenters. The molecule has 0 bridgehead atoms. The Morgan fingerprint density at radius 2 is 1.75 bits per heavy atom. The molecule has 20 heavy (non-hydrogen) atoms. The lowest BCUT2D eigenvalue weighted by atomic mass is 10.1. The molecule has 3 rings (SSSR count). The number of nitrogens with zero attached hydrogens (tertiary/aromatic N) is 1. The van der Waals surface area contributed by atoms with Gasteiger partial charge in [-0.15, -0.1) is 0 Å². The summed E-state index contributed by atoms with van der Waals surface area (Å²) in [5.74, 6) is 1.04. The summed E-state index contributed by atoms with van der Waals surface area (Å²) < 4.78 is 5.24. The van der Waals surface area contributed by atoms with Crippen molar-refractivity contribution < 1.29 is 9.52 Å². The highest BCUT2D eigenvalue weighted by Gasteiger charge is 2.01. The highest BCUT2D eigenvalue weighted by atomic mass is 16.3. The van der Waals surface area contributed by atoms with Crippen molar-refractivity contribution in [2.24, 2.45) is 0 Å². The summed E-state index contributed by atoms with van der Waals surface area (Å²) in [6.45, 7) is 0.710. The molecule has 0 aliphatic heterocycles. The molecule has 1 heterocycles. The van der Waals surface area contributed by atoms with Crippen LogP contribution in [0.4, 0.5) is 5.69 Å². The minimum atomic E-state index is 0.283. The number of hydrogen-bond donors (Lipinski definition) is 2. The maximum atomic E-state index is 9.23. The average Bonchev–Trinajstić information content (AvgIpc) is 3.01. The van der Waals surface area contributed by atoms with Crippen molar-refractivity contribution in [2.75, 3.05) is 5.32 Å². The van der Waals surface area contributed by atoms with Gasteiger partial charge in [0, 0.05) is 17.8 Å². The molecule has 0 aliphatic carbocycles. The van der Waals surface area contributed by atoms with Crippen LogP contribution < -0.4 is 5.32 Å². The van der Waals surface area contributed by atoms with Crippen molar-refractivity contribution in [2.45, 2.75) is 6.54 Å². The zero-order valence-electron chi connectivity index (χ0n) is 10.8. The Labute approximate surface area is 116 Å². The molecule has 100 valence electrons. The topological polar surface area (TPSA) is 58.3 Å². The molecule has 0 amide bonds. The summed E-state index contributed by atoms with van der Waals surface area (Å²) >= 11 is 0. The second-order valence-corrected chi connectivity index (χ2v) is 4.46. The molecule has 2 N–H and O–H groups in total. The summed E-state index contributed by atoms with van der Waals surface area (Å²) in [4.78, 5) is 3.90. The number of anilines is 1. The van der Waals surface area contributed by atoms with Gasteiger partial charge in [0.25, 0.3) is 0 Å². The van der Waals surface area contributed by atoms with Crippen molar-refractivity contribution in [3.63, 3.8) is 0 Å². The summed E-state index contributed by atoms with van der Waals surface area (Å²) in [5, 5.41) is 12.6. The van der Waals surface area contributed by atoms with Gasteiger partial charge in [0.05, 0.1) is 6.20 Å². The zero-order valence-corrected chi connectivity index (χ0v) is 10.8. The molecule has 0 radical (unpaired) electrons. The first kappa shape index (κ1) is 12.3. The molecular formula is C16H14N2O2. The van der Waals surface area contributed by atoms with Gasteiger partial charge in [0.1, 0.15) is 5.75 Å². The monoisotopic (exact) mass is 266 g/mol. The quantitative estimate of drug-likeness (QED) is 0.756. The summed E-state index contributed by atoms with van der Waals surface area (Å²) in [5.41, 5.74) is 3.14. The van der Waals surface area contributed by atoms with Gasteiger partial charge in [0.2, 0.25) is 0 Å². The second-order valence-electron chi connectivity index (χ2n) is 4.46. The van der Waals surface area contributed by atoms with Gasteiger partial charge in [0.15, 0.2) is 12.2 Å². The minimum Gasteiger partial charge on any atom is -0.508 e. The number of aromatic hydroxyl groups is 1. The highest BCUT2D eigenvalue weighted by molar-refractivity contribution is 5.60. The first-order valence-electron chi connectivity index (χ1n) is 6.32. The normalized spacial score (nSPS) is 10.4. The van der Waals surface area contributed by atoms with Gasteiger partial charge in [-0.1, -0.05) is 12.1 Å². The van der Waals surface area contributed by atoms with E-state index < -0.39 is 0 Å². The number of phenols is 1. The van der Waals surface area contributed by atoms with Gasteiger partial charge in [-0.3, -0.25) is 0 Å². The fourth-order valence-electron chi connectivity index (χ4n) is 1.93. The summed E-state index contributed by atoms with van der Waals surface area (Å²) in [6.07, 6.45) is 3.12. The van der Waals surface area contributed by atoms with Crippen LogP contribution in [-0.4, -0.2) is 10.1 Å². The number of benzene rings is 2. The third-order valence-corrected chi connectivity index (χ3v) is 3.03. The van der Waals surface area contributed by atoms with Crippen LogP contribution in [0.2, 0.25) is 0 Å². The van der Waals surface area contributed by atoms with E-state index in [-0.39, 0.29) is 5.75 Å². The van der Waals surface area contributed by atoms with E-state index in [9.17, 15) is 5.11 Å². The van der Waals surface area contributed by atoms with Gasteiger partial charge >= 0.3 is 0 Å². The largest absolute Gasteiger partial charge is 0.508 e. The maximum absolute atomic E-state index is 9.23. The van der Waals surface area contributed by atoms with E-state index >= 15 is 0 Å². The van der Waals surface area contributed by atoms with Gasteiger partial charge in [-0.25, -0.2) is 4.98 Å². The Morgan fingerprint density at radius 1 is 1.00 bits per heavy atom. The van der Waals surface area contributed by atoms with Gasteiger partial charge in [-0.05, 0) is 42.0 Å². The molecule has 0 atom stereocenters. The lowest BCUT2D eigenvalue weighted by molar-refractivity contribution is 0.475. The van der Waals surface area contributed by atoms with E-state index in [0.29, 0.717) is 6.54 Å². The molecule has 2 aromatic carbocycles. The van der Waals surface area contributed by atoms with E-state index in [2.05, 4.69) is 10.3 Å². The van der Waals surface area contributed by atoms with Gasteiger partial charge in [-0.2, -0.15) is 0 Å². The van der Waals surface area contributed by atoms with Crippen LogP contribution >= 0.6 is 0 Å². The SMILES string of the molecule is Oc1ccc(CNc2ccc(-c3cnco3)cc2)cc1. The number of phenolic OH excluding ortho intramolecular Hbond substituents is 1. The Bertz CT molecular complexity index is 659. The summed E-state index contributed by atoms with van der Waals surface area (Å²) in [7, 11) is 0. The number of nitrogens with one attached hydrogen (secondary N) is 1. The van der Waals surface area contributed by atoms with Gasteiger partial charge < -0.3 is 14.8 Å². The molecule has 0 saturated heterocycles. The van der Waals surface area contributed by atoms with Crippen molar-refractivity contribution in [1.82, 2.24) is 4.98 Å². The second kappa shape index (κ2) is 5.48. The fraction of sp³-hybridized carbons (Fsp3) is 0.0625. The van der Waals surface area contributed by atoms with Crippen LogP contribution in [0.3, 0.4) is 0 Å². The predicted octanol–water partition coefficient (Wildman–Crippen LogP) is 3.66. The van der Waals surface area contributed by atoms with Crippen LogP contribution in [0.5, 0.6) is 5.75 Å². The minimum absolute atomic E-state index is 0.283. The molecule has 3 aromatic rings. The first-order chi connectivity index (χ1) is 9.81. The molecule has 4 nitrogen and oxygen atoms in total. The molecule has 0 saturated carbocycles. The lowest BCUT2D eigenvalue weighted by Gasteiger charge is -2.07. The van der Waals surface area contributed by atoms with E-state index in [1.165, 1.54) is 6.39 Å². The highest BCUT2D eigenvalue weighted by Crippen LogP contribution is 2.21. The van der Waals surface area contributed by atoms with Crippen molar-refractivity contribution >= 4 is 5.69 Å². The van der Waals surface area contributed by atoms with Crippen LogP contribution in [-0.2, 0) is 6.54 Å². The summed E-state index contributed by atoms with van der Waals surface area (Å²) in [6, 6.07) is 15.1. The molecule has 1 aromatic heterocycles. The molecule has 4 heteroatoms. The predicted molar refractivity (Wildman–Crippen MR) is 77.4 cm³/mol. The smallest absolute Gasteiger partial charge is 0.181 e. The third-order valence-electron chi connectivity index (χ3n) is 3.03. The Kier molecular flexibility index (Phi) is 3.37. The Morgan fingerprint density at radius 3 is 2.40 bits per heavy atom. The molecule has 0 fully saturated rings. The van der Waals surface area contributed by atoms with E-state index in [1.54, 1.807) is 18.3 Å². The van der Waals surface area contributed by atoms with Crippen LogP contribution in [0.25, 0.3) is 11.3 Å². The molecule has 0 spiro atoms. The van der Waals surface area contributed by atoms with Crippen molar-refractivity contribution in [1.29, 1.82) is 0 Å². The third kappa shape index (κ3) is 2.80. The Balaban J connectivity index is 1.65. The van der Waals surface area contributed by atoms with Crippen molar-refractivity contribution in [3.8, 4) is 17.1 Å². The van der Waals surface area contributed by atoms with E-state index in [4.69, 9.17) is 4.42 Å². The average molecular weight is 266 g/mol. The number of rotatable bonds is 4. The number of hydrogen-bond acceptors (Lipinski definition) is 4.